The fourth-order valence-corrected chi connectivity index (χ4v) is 3.69. The molecule has 0 spiro atoms. The predicted octanol–water partition coefficient (Wildman–Crippen LogP) is 3.73. The third kappa shape index (κ3) is 9.54. The minimum absolute atomic E-state index is 0.0153. The lowest BCUT2D eigenvalue weighted by molar-refractivity contribution is -0.157. The van der Waals surface area contributed by atoms with Crippen molar-refractivity contribution in [2.24, 2.45) is 0 Å². The zero-order valence-electron chi connectivity index (χ0n) is 26.0. The topological polar surface area (TPSA) is 120 Å². The van der Waals surface area contributed by atoms with Gasteiger partial charge in [-0.2, -0.15) is 0 Å². The van der Waals surface area contributed by atoms with Gasteiger partial charge in [-0.1, -0.05) is 0 Å². The maximum Gasteiger partial charge on any atom is 0.495 e. The molecule has 1 aliphatic rings. The first-order valence-electron chi connectivity index (χ1n) is 13.3. The van der Waals surface area contributed by atoms with Gasteiger partial charge in [0, 0.05) is 20.6 Å². The minimum Gasteiger partial charge on any atom is -0.464 e. The molecule has 2 rings (SSSR count). The number of esters is 1. The summed E-state index contributed by atoms with van der Waals surface area (Å²) in [5, 5.41) is 2.67. The molecule has 1 N–H and O–H groups in total. The highest BCUT2D eigenvalue weighted by atomic mass is 16.7. The number of carbonyl (C=O) groups is 2. The Morgan fingerprint density at radius 2 is 1.32 bits per heavy atom. The van der Waals surface area contributed by atoms with Crippen LogP contribution in [0.15, 0.2) is 12.1 Å². The van der Waals surface area contributed by atoms with Crippen LogP contribution in [0.5, 0.6) is 11.5 Å². The number of carbonyl (C=O) groups excluding carboxylic acids is 2. The van der Waals surface area contributed by atoms with Crippen molar-refractivity contribution in [3.05, 3.63) is 17.7 Å². The molecule has 40 heavy (non-hydrogen) atoms. The van der Waals surface area contributed by atoms with E-state index >= 15 is 0 Å². The Labute approximate surface area is 238 Å². The first kappa shape index (κ1) is 33.7. The molecule has 1 aromatic rings. The molecule has 0 saturated carbocycles. The zero-order chi connectivity index (χ0) is 30.5. The summed E-state index contributed by atoms with van der Waals surface area (Å²) in [7, 11) is 2.20. The van der Waals surface area contributed by atoms with Gasteiger partial charge in [-0.25, -0.2) is 9.59 Å². The van der Waals surface area contributed by atoms with Gasteiger partial charge in [0.1, 0.15) is 17.2 Å². The van der Waals surface area contributed by atoms with Gasteiger partial charge in [0.05, 0.1) is 11.2 Å². The number of benzene rings is 1. The number of hydrogen-bond acceptors (Lipinski definition) is 10. The first-order valence-corrected chi connectivity index (χ1v) is 13.3. The Hall–Kier alpha value is -2.54. The van der Waals surface area contributed by atoms with Gasteiger partial charge in [-0.05, 0) is 92.4 Å². The van der Waals surface area contributed by atoms with Gasteiger partial charge in [0.25, 0.3) is 0 Å². The van der Waals surface area contributed by atoms with Crippen LogP contribution >= 0.6 is 0 Å². The van der Waals surface area contributed by atoms with E-state index in [2.05, 4.69) is 5.32 Å². The summed E-state index contributed by atoms with van der Waals surface area (Å²) in [6.07, 6.45) is -0.738. The van der Waals surface area contributed by atoms with Gasteiger partial charge in [-0.15, -0.1) is 0 Å². The average molecular weight is 567 g/mol. The van der Waals surface area contributed by atoms with Crippen molar-refractivity contribution in [1.29, 1.82) is 0 Å². The van der Waals surface area contributed by atoms with E-state index in [1.165, 1.54) is 14.2 Å². The number of rotatable bonds is 11. The van der Waals surface area contributed by atoms with Crippen LogP contribution in [0.2, 0.25) is 0 Å². The van der Waals surface area contributed by atoms with Crippen molar-refractivity contribution >= 4 is 24.6 Å². The number of methoxy groups -OCH3 is 2. The molecule has 0 radical (unpaired) electrons. The maximum atomic E-state index is 13.3. The molecule has 0 aliphatic carbocycles. The Bertz CT molecular complexity index is 1010. The molecule has 1 saturated heterocycles. The van der Waals surface area contributed by atoms with E-state index < -0.39 is 47.6 Å². The summed E-state index contributed by atoms with van der Waals surface area (Å²) in [6.45, 7) is 18.2. The molecular formula is C28H46BNO10. The summed E-state index contributed by atoms with van der Waals surface area (Å²) in [4.78, 5) is 26.1. The molecule has 226 valence electrons. The Morgan fingerprint density at radius 1 is 0.850 bits per heavy atom. The second kappa shape index (κ2) is 13.0. The quantitative estimate of drug-likeness (QED) is 0.241. The number of nitrogens with one attached hydrogen (secondary N) is 1. The van der Waals surface area contributed by atoms with E-state index in [-0.39, 0.29) is 20.0 Å². The molecule has 11 nitrogen and oxygen atoms in total. The molecule has 1 aromatic carbocycles. The third-order valence-electron chi connectivity index (χ3n) is 6.18. The second-order valence-electron chi connectivity index (χ2n) is 12.6. The summed E-state index contributed by atoms with van der Waals surface area (Å²) < 4.78 is 45.5. The molecule has 1 aliphatic heterocycles. The number of amides is 1. The summed E-state index contributed by atoms with van der Waals surface area (Å²) in [5.74, 6) is 0.0768. The van der Waals surface area contributed by atoms with Crippen LogP contribution in [-0.2, 0) is 39.5 Å². The zero-order valence-corrected chi connectivity index (χ0v) is 26.0. The van der Waals surface area contributed by atoms with E-state index in [4.69, 9.17) is 37.7 Å². The van der Waals surface area contributed by atoms with Crippen molar-refractivity contribution < 1.29 is 47.3 Å². The van der Waals surface area contributed by atoms with Gasteiger partial charge >= 0.3 is 19.2 Å². The van der Waals surface area contributed by atoms with Crippen LogP contribution in [-0.4, -0.2) is 75.4 Å². The van der Waals surface area contributed by atoms with E-state index in [1.54, 1.807) is 53.7 Å². The number of ether oxygens (including phenoxy) is 6. The van der Waals surface area contributed by atoms with Crippen molar-refractivity contribution in [3.63, 3.8) is 0 Å². The fraction of sp³-hybridized carbons (Fsp3) is 0.714. The second-order valence-corrected chi connectivity index (χ2v) is 12.6. The van der Waals surface area contributed by atoms with Crippen LogP contribution in [0, 0.1) is 0 Å². The molecule has 0 aromatic heterocycles. The Balaban J connectivity index is 2.61. The van der Waals surface area contributed by atoms with E-state index in [0.29, 0.717) is 22.5 Å². The van der Waals surface area contributed by atoms with Crippen LogP contribution in [0.4, 0.5) is 4.79 Å². The lowest BCUT2D eigenvalue weighted by atomic mass is 9.74. The SMILES string of the molecule is COCOc1cc(C[C@H](NC(=O)OC(C)(C)C)C(=O)OC(C)(C)C)c(B2OC(C)(C)C(C)(C)O2)cc1OCOC. The maximum absolute atomic E-state index is 13.3. The molecule has 1 amide bonds. The third-order valence-corrected chi connectivity index (χ3v) is 6.18. The lowest BCUT2D eigenvalue weighted by Crippen LogP contribution is -2.48. The molecule has 12 heteroatoms. The fourth-order valence-electron chi connectivity index (χ4n) is 3.69. The van der Waals surface area contributed by atoms with Crippen molar-refractivity contribution in [1.82, 2.24) is 5.32 Å². The number of alkyl carbamates (subject to hydrolysis) is 1. The van der Waals surface area contributed by atoms with Gasteiger partial charge in [0.15, 0.2) is 25.1 Å². The molecule has 0 bridgehead atoms. The molecule has 1 atom stereocenters. The Kier molecular flexibility index (Phi) is 10.9. The smallest absolute Gasteiger partial charge is 0.464 e. The van der Waals surface area contributed by atoms with E-state index in [0.717, 1.165) is 0 Å². The monoisotopic (exact) mass is 567 g/mol. The lowest BCUT2D eigenvalue weighted by Gasteiger charge is -2.32. The summed E-state index contributed by atoms with van der Waals surface area (Å²) in [6, 6.07) is 2.33. The largest absolute Gasteiger partial charge is 0.495 e. The average Bonchev–Trinajstić information content (AvgIpc) is 3.00. The minimum atomic E-state index is -1.10. The standard InChI is InChI=1S/C28H46BNO10/c1-25(2,3)37-23(31)20(30-24(32)38-26(4,5)6)13-18-14-21(35-16-33-11)22(36-17-34-12)15-19(18)29-39-27(7,8)28(9,10)40-29/h14-15,20H,13,16-17H2,1-12H3,(H,30,32)/t20-/m0/s1. The summed E-state index contributed by atoms with van der Waals surface area (Å²) in [5.41, 5.74) is -1.63. The summed E-state index contributed by atoms with van der Waals surface area (Å²) >= 11 is 0. The highest BCUT2D eigenvalue weighted by Gasteiger charge is 2.52. The van der Waals surface area contributed by atoms with E-state index in [9.17, 15) is 9.59 Å². The van der Waals surface area contributed by atoms with E-state index in [1.807, 2.05) is 27.7 Å². The highest BCUT2D eigenvalue weighted by molar-refractivity contribution is 6.62. The molecule has 1 heterocycles. The highest BCUT2D eigenvalue weighted by Crippen LogP contribution is 2.38. The number of hydrogen-bond donors (Lipinski definition) is 1. The van der Waals surface area contributed by atoms with Crippen molar-refractivity contribution in [2.45, 2.75) is 104 Å². The van der Waals surface area contributed by atoms with Crippen LogP contribution in [0.3, 0.4) is 0 Å². The van der Waals surface area contributed by atoms with Gasteiger partial charge in [0.2, 0.25) is 0 Å². The normalized spacial score (nSPS) is 17.2. The molecule has 1 fully saturated rings. The van der Waals surface area contributed by atoms with Crippen molar-refractivity contribution in [3.8, 4) is 11.5 Å². The Morgan fingerprint density at radius 3 is 1.77 bits per heavy atom. The molecular weight excluding hydrogens is 521 g/mol. The molecule has 0 unspecified atom stereocenters. The van der Waals surface area contributed by atoms with Crippen LogP contribution in [0.1, 0.15) is 74.8 Å². The van der Waals surface area contributed by atoms with Crippen LogP contribution in [0.25, 0.3) is 0 Å². The van der Waals surface area contributed by atoms with Crippen LogP contribution < -0.4 is 20.3 Å². The predicted molar refractivity (Wildman–Crippen MR) is 150 cm³/mol. The van der Waals surface area contributed by atoms with Crippen molar-refractivity contribution in [2.75, 3.05) is 27.8 Å². The van der Waals surface area contributed by atoms with Gasteiger partial charge < -0.3 is 43.0 Å². The first-order chi connectivity index (χ1) is 18.3. The van der Waals surface area contributed by atoms with Gasteiger partial charge in [-0.3, -0.25) is 0 Å².